The summed E-state index contributed by atoms with van der Waals surface area (Å²) in [6, 6.07) is 13.7. The number of nitrogens with one attached hydrogen (secondary N) is 1. The zero-order valence-corrected chi connectivity index (χ0v) is 19.0. The number of pyridine rings is 1. The first kappa shape index (κ1) is 21.4. The van der Waals surface area contributed by atoms with E-state index in [2.05, 4.69) is 19.8 Å². The van der Waals surface area contributed by atoms with E-state index in [9.17, 15) is 17.2 Å². The summed E-state index contributed by atoms with van der Waals surface area (Å²) in [6.07, 6.45) is 6.22. The lowest BCUT2D eigenvalue weighted by atomic mass is 10.1. The third-order valence-electron chi connectivity index (χ3n) is 5.81. The third kappa shape index (κ3) is 4.03. The average molecular weight is 493 g/mol. The molecule has 3 heterocycles. The van der Waals surface area contributed by atoms with E-state index >= 15 is 0 Å². The van der Waals surface area contributed by atoms with Crippen molar-refractivity contribution in [2.45, 2.75) is 18.1 Å². The number of benzene rings is 2. The zero-order chi connectivity index (χ0) is 24.2. The molecule has 0 atom stereocenters. The van der Waals surface area contributed by atoms with Crippen LogP contribution in [-0.2, 0) is 10.0 Å². The van der Waals surface area contributed by atoms with E-state index in [4.69, 9.17) is 0 Å². The largest absolute Gasteiger partial charge is 0.283 e. The quantitative estimate of drug-likeness (QED) is 0.378. The summed E-state index contributed by atoms with van der Waals surface area (Å²) in [5.41, 5.74) is 2.66. The Morgan fingerprint density at radius 2 is 1.89 bits per heavy atom. The Balaban J connectivity index is 1.49. The van der Waals surface area contributed by atoms with Crippen molar-refractivity contribution in [3.8, 4) is 22.6 Å². The molecule has 176 valence electrons. The fourth-order valence-corrected chi connectivity index (χ4v) is 5.25. The van der Waals surface area contributed by atoms with Crippen molar-refractivity contribution in [3.63, 3.8) is 0 Å². The van der Waals surface area contributed by atoms with Crippen LogP contribution in [0.1, 0.15) is 12.8 Å². The van der Waals surface area contributed by atoms with Gasteiger partial charge in [-0.15, -0.1) is 0 Å². The molecule has 2 aromatic carbocycles. The molecule has 0 amide bonds. The maximum Gasteiger partial charge on any atom is 0.236 e. The molecule has 0 spiro atoms. The van der Waals surface area contributed by atoms with E-state index in [0.717, 1.165) is 17.8 Å². The van der Waals surface area contributed by atoms with Gasteiger partial charge in [0, 0.05) is 24.0 Å². The predicted molar refractivity (Wildman–Crippen MR) is 127 cm³/mol. The number of hydrogen-bond acceptors (Lipinski definition) is 5. The molecule has 11 heteroatoms. The smallest absolute Gasteiger partial charge is 0.236 e. The molecule has 0 aliphatic heterocycles. The number of halogens is 2. The van der Waals surface area contributed by atoms with E-state index in [1.54, 1.807) is 27.8 Å². The maximum atomic E-state index is 14.6. The van der Waals surface area contributed by atoms with Gasteiger partial charge in [-0.25, -0.2) is 31.8 Å². The molecular formula is C24H18F2N6O2S. The maximum absolute atomic E-state index is 14.6. The summed E-state index contributed by atoms with van der Waals surface area (Å²) in [6.45, 7) is 0. The Morgan fingerprint density at radius 3 is 2.63 bits per heavy atom. The van der Waals surface area contributed by atoms with E-state index < -0.39 is 26.9 Å². The number of anilines is 1. The fraction of sp³-hybridized carbons (Fsp3) is 0.125. The van der Waals surface area contributed by atoms with Crippen LogP contribution < -0.4 is 4.72 Å². The van der Waals surface area contributed by atoms with Crippen molar-refractivity contribution < 1.29 is 17.2 Å². The van der Waals surface area contributed by atoms with Crippen LogP contribution in [0.2, 0.25) is 0 Å². The van der Waals surface area contributed by atoms with Gasteiger partial charge in [0.2, 0.25) is 10.0 Å². The Kier molecular flexibility index (Phi) is 4.88. The second-order valence-corrected chi connectivity index (χ2v) is 10.3. The van der Waals surface area contributed by atoms with Gasteiger partial charge >= 0.3 is 0 Å². The molecule has 0 saturated heterocycles. The molecule has 3 aromatic heterocycles. The van der Waals surface area contributed by atoms with Crippen molar-refractivity contribution in [2.24, 2.45) is 0 Å². The van der Waals surface area contributed by atoms with Crippen LogP contribution in [0.5, 0.6) is 0 Å². The highest BCUT2D eigenvalue weighted by Gasteiger charge is 2.36. The molecule has 1 fully saturated rings. The first-order chi connectivity index (χ1) is 16.9. The van der Waals surface area contributed by atoms with Crippen LogP contribution in [0, 0.1) is 11.6 Å². The third-order valence-corrected chi connectivity index (χ3v) is 7.65. The molecule has 0 unspecified atom stereocenters. The van der Waals surface area contributed by atoms with Crippen molar-refractivity contribution >= 4 is 26.9 Å². The second kappa shape index (κ2) is 7.98. The highest BCUT2D eigenvalue weighted by Crippen LogP contribution is 2.32. The van der Waals surface area contributed by atoms with Crippen LogP contribution in [0.15, 0.2) is 73.3 Å². The molecule has 0 bridgehead atoms. The first-order valence-corrected chi connectivity index (χ1v) is 12.4. The highest BCUT2D eigenvalue weighted by molar-refractivity contribution is 7.93. The van der Waals surface area contributed by atoms with Crippen LogP contribution in [-0.4, -0.2) is 38.0 Å². The van der Waals surface area contributed by atoms with Gasteiger partial charge < -0.3 is 0 Å². The Morgan fingerprint density at radius 1 is 1.03 bits per heavy atom. The molecule has 1 N–H and O–H groups in total. The molecular weight excluding hydrogens is 474 g/mol. The molecule has 35 heavy (non-hydrogen) atoms. The lowest BCUT2D eigenvalue weighted by Gasteiger charge is -2.13. The molecule has 1 aliphatic carbocycles. The summed E-state index contributed by atoms with van der Waals surface area (Å²) in [7, 11) is -3.62. The van der Waals surface area contributed by atoms with Gasteiger partial charge in [0.1, 0.15) is 29.6 Å². The standard InChI is InChI=1S/C24H18F2N6O2S/c25-16-2-6-19(20(26)12-16)15-10-23(30-35(33,34)18-4-5-18)29-24(11-15)31-14-27-21-13-17(3-7-22(21)31)32-9-1-8-28-32/h1-3,6-14,18H,4-5H2,(H,29,30). The topological polar surface area (TPSA) is 94.7 Å². The van der Waals surface area contributed by atoms with Crippen molar-refractivity contribution in [3.05, 3.63) is 85.0 Å². The van der Waals surface area contributed by atoms with E-state index in [1.807, 2.05) is 30.5 Å². The molecule has 0 radical (unpaired) electrons. The summed E-state index contributed by atoms with van der Waals surface area (Å²) in [5, 5.41) is 3.76. The van der Waals surface area contributed by atoms with Gasteiger partial charge in [-0.05, 0) is 66.9 Å². The van der Waals surface area contributed by atoms with Crippen molar-refractivity contribution in [1.29, 1.82) is 0 Å². The van der Waals surface area contributed by atoms with Crippen LogP contribution in [0.25, 0.3) is 33.7 Å². The normalized spacial score (nSPS) is 13.9. The van der Waals surface area contributed by atoms with Gasteiger partial charge in [-0.2, -0.15) is 5.10 Å². The van der Waals surface area contributed by atoms with E-state index in [-0.39, 0.29) is 11.4 Å². The second-order valence-electron chi connectivity index (χ2n) is 8.31. The van der Waals surface area contributed by atoms with Gasteiger partial charge in [0.05, 0.1) is 22.0 Å². The van der Waals surface area contributed by atoms with Gasteiger partial charge in [0.25, 0.3) is 0 Å². The van der Waals surface area contributed by atoms with Crippen LogP contribution in [0.4, 0.5) is 14.6 Å². The first-order valence-electron chi connectivity index (χ1n) is 10.8. The number of aromatic nitrogens is 5. The van der Waals surface area contributed by atoms with Crippen LogP contribution >= 0.6 is 0 Å². The SMILES string of the molecule is O=S(=O)(Nc1cc(-c2ccc(F)cc2F)cc(-n2cnc3cc(-n4cccn4)ccc32)n1)C1CC1. The summed E-state index contributed by atoms with van der Waals surface area (Å²) in [5.74, 6) is -1.10. The van der Waals surface area contributed by atoms with E-state index in [0.29, 0.717) is 35.3 Å². The van der Waals surface area contributed by atoms with E-state index in [1.165, 1.54) is 12.1 Å². The Bertz CT molecular complexity index is 1680. The average Bonchev–Trinajstić information content (AvgIpc) is 3.39. The summed E-state index contributed by atoms with van der Waals surface area (Å²) in [4.78, 5) is 8.94. The number of fused-ring (bicyclic) bond motifs is 1. The number of rotatable bonds is 6. The number of sulfonamides is 1. The number of nitrogens with zero attached hydrogens (tertiary/aromatic N) is 5. The number of imidazole rings is 1. The monoisotopic (exact) mass is 492 g/mol. The van der Waals surface area contributed by atoms with Crippen molar-refractivity contribution in [1.82, 2.24) is 24.3 Å². The summed E-state index contributed by atoms with van der Waals surface area (Å²) < 4.78 is 59.2. The van der Waals surface area contributed by atoms with Gasteiger partial charge in [-0.3, -0.25) is 9.29 Å². The van der Waals surface area contributed by atoms with Crippen molar-refractivity contribution in [2.75, 3.05) is 4.72 Å². The molecule has 1 saturated carbocycles. The Labute approximate surface area is 198 Å². The highest BCUT2D eigenvalue weighted by atomic mass is 32.2. The molecule has 1 aliphatic rings. The Hall–Kier alpha value is -4.12. The minimum absolute atomic E-state index is 0.0446. The molecule has 6 rings (SSSR count). The minimum Gasteiger partial charge on any atom is -0.283 e. The van der Waals surface area contributed by atoms with Crippen LogP contribution in [0.3, 0.4) is 0 Å². The predicted octanol–water partition coefficient (Wildman–Crippen LogP) is 4.46. The zero-order valence-electron chi connectivity index (χ0n) is 18.1. The molecule has 8 nitrogen and oxygen atoms in total. The van der Waals surface area contributed by atoms with Gasteiger partial charge in [-0.1, -0.05) is 0 Å². The number of hydrogen-bond donors (Lipinski definition) is 1. The lowest BCUT2D eigenvalue weighted by Crippen LogP contribution is -2.18. The fourth-order valence-electron chi connectivity index (χ4n) is 3.93. The summed E-state index contributed by atoms with van der Waals surface area (Å²) >= 11 is 0. The minimum atomic E-state index is -3.62. The molecule has 5 aromatic rings. The van der Waals surface area contributed by atoms with Gasteiger partial charge in [0.15, 0.2) is 0 Å². The lowest BCUT2D eigenvalue weighted by molar-refractivity contribution is 0.585.